The molecule has 2 rings (SSSR count). The molecule has 1 aliphatic rings. The summed E-state index contributed by atoms with van der Waals surface area (Å²) in [5.74, 6) is 0.899. The van der Waals surface area contributed by atoms with Gasteiger partial charge in [0.15, 0.2) is 0 Å². The molecule has 0 saturated heterocycles. The third-order valence-corrected chi connectivity index (χ3v) is 4.32. The molecule has 0 atom stereocenters. The Morgan fingerprint density at radius 1 is 1.30 bits per heavy atom. The van der Waals surface area contributed by atoms with Gasteiger partial charge in [-0.05, 0) is 50.2 Å². The van der Waals surface area contributed by atoms with E-state index < -0.39 is 0 Å². The van der Waals surface area contributed by atoms with Crippen molar-refractivity contribution in [2.24, 2.45) is 5.92 Å². The van der Waals surface area contributed by atoms with Crippen LogP contribution in [0.25, 0.3) is 0 Å². The van der Waals surface area contributed by atoms with Gasteiger partial charge >= 0.3 is 0 Å². The van der Waals surface area contributed by atoms with E-state index in [0.717, 1.165) is 17.2 Å². The zero-order chi connectivity index (χ0) is 14.5. The number of nitro groups is 1. The highest BCUT2D eigenvalue weighted by molar-refractivity contribution is 5.55. The SMILES string of the molecule is CCCC1CCC(Nc2ccc([N+](=O)[O-])cc2C)CC1. The average molecular weight is 276 g/mol. The summed E-state index contributed by atoms with van der Waals surface area (Å²) < 4.78 is 0. The first-order valence-corrected chi connectivity index (χ1v) is 7.61. The first-order chi connectivity index (χ1) is 9.60. The molecule has 1 N–H and O–H groups in total. The Balaban J connectivity index is 1.93. The van der Waals surface area contributed by atoms with Gasteiger partial charge < -0.3 is 5.32 Å². The number of anilines is 1. The lowest BCUT2D eigenvalue weighted by molar-refractivity contribution is -0.384. The van der Waals surface area contributed by atoms with E-state index in [1.165, 1.54) is 38.5 Å². The maximum absolute atomic E-state index is 10.7. The Morgan fingerprint density at radius 3 is 2.55 bits per heavy atom. The number of nitrogens with zero attached hydrogens (tertiary/aromatic N) is 1. The van der Waals surface area contributed by atoms with Crippen LogP contribution in [0.4, 0.5) is 11.4 Å². The Labute approximate surface area is 120 Å². The Hall–Kier alpha value is -1.58. The Bertz CT molecular complexity index is 466. The third-order valence-electron chi connectivity index (χ3n) is 4.32. The summed E-state index contributed by atoms with van der Waals surface area (Å²) in [4.78, 5) is 10.4. The minimum atomic E-state index is -0.341. The van der Waals surface area contributed by atoms with Gasteiger partial charge in [-0.2, -0.15) is 0 Å². The molecule has 110 valence electrons. The standard InChI is InChI=1S/C16H24N2O2/c1-3-4-13-5-7-14(8-6-13)17-16-10-9-15(18(19)20)11-12(16)2/h9-11,13-14,17H,3-8H2,1-2H3. The highest BCUT2D eigenvalue weighted by atomic mass is 16.6. The summed E-state index contributed by atoms with van der Waals surface area (Å²) in [5.41, 5.74) is 2.16. The smallest absolute Gasteiger partial charge is 0.269 e. The zero-order valence-electron chi connectivity index (χ0n) is 12.4. The molecule has 20 heavy (non-hydrogen) atoms. The van der Waals surface area contributed by atoms with E-state index in [1.54, 1.807) is 12.1 Å². The van der Waals surface area contributed by atoms with Crippen molar-refractivity contribution in [1.29, 1.82) is 0 Å². The lowest BCUT2D eigenvalue weighted by Crippen LogP contribution is -2.26. The molecule has 1 aromatic rings. The van der Waals surface area contributed by atoms with Crippen LogP contribution in [0.5, 0.6) is 0 Å². The normalized spacial score (nSPS) is 22.5. The lowest BCUT2D eigenvalue weighted by atomic mass is 9.83. The molecule has 0 radical (unpaired) electrons. The predicted octanol–water partition coefficient (Wildman–Crippen LogP) is 4.67. The van der Waals surface area contributed by atoms with Gasteiger partial charge in [0, 0.05) is 23.9 Å². The van der Waals surface area contributed by atoms with Crippen molar-refractivity contribution in [1.82, 2.24) is 0 Å². The molecule has 1 fully saturated rings. The summed E-state index contributed by atoms with van der Waals surface area (Å²) in [6.45, 7) is 4.18. The molecule has 0 spiro atoms. The molecule has 4 nitrogen and oxygen atoms in total. The van der Waals surface area contributed by atoms with Crippen LogP contribution in [0, 0.1) is 23.0 Å². The van der Waals surface area contributed by atoms with Crippen molar-refractivity contribution >= 4 is 11.4 Å². The van der Waals surface area contributed by atoms with Gasteiger partial charge in [0.05, 0.1) is 4.92 Å². The number of non-ortho nitro benzene ring substituents is 1. The summed E-state index contributed by atoms with van der Waals surface area (Å²) >= 11 is 0. The number of nitrogens with one attached hydrogen (secondary N) is 1. The van der Waals surface area contributed by atoms with E-state index in [4.69, 9.17) is 0 Å². The van der Waals surface area contributed by atoms with Crippen molar-refractivity contribution < 1.29 is 4.92 Å². The van der Waals surface area contributed by atoms with Gasteiger partial charge in [0.2, 0.25) is 0 Å². The van der Waals surface area contributed by atoms with Crippen LogP contribution in [0.3, 0.4) is 0 Å². The van der Waals surface area contributed by atoms with Crippen LogP contribution in [-0.2, 0) is 0 Å². The number of hydrogen-bond acceptors (Lipinski definition) is 3. The monoisotopic (exact) mass is 276 g/mol. The minimum Gasteiger partial charge on any atom is -0.382 e. The van der Waals surface area contributed by atoms with Gasteiger partial charge in [0.1, 0.15) is 0 Å². The fourth-order valence-electron chi connectivity index (χ4n) is 3.15. The molecular weight excluding hydrogens is 252 g/mol. The van der Waals surface area contributed by atoms with Crippen molar-refractivity contribution in [3.8, 4) is 0 Å². The maximum Gasteiger partial charge on any atom is 0.269 e. The molecular formula is C16H24N2O2. The fraction of sp³-hybridized carbons (Fsp3) is 0.625. The second kappa shape index (κ2) is 6.73. The second-order valence-electron chi connectivity index (χ2n) is 5.91. The van der Waals surface area contributed by atoms with Gasteiger partial charge in [-0.3, -0.25) is 10.1 Å². The average Bonchev–Trinajstić information content (AvgIpc) is 2.43. The molecule has 0 amide bonds. The molecule has 0 bridgehead atoms. The first-order valence-electron chi connectivity index (χ1n) is 7.61. The molecule has 0 unspecified atom stereocenters. The largest absolute Gasteiger partial charge is 0.382 e. The third kappa shape index (κ3) is 3.71. The van der Waals surface area contributed by atoms with Crippen LogP contribution in [0.15, 0.2) is 18.2 Å². The van der Waals surface area contributed by atoms with E-state index in [1.807, 2.05) is 13.0 Å². The Morgan fingerprint density at radius 2 is 2.00 bits per heavy atom. The van der Waals surface area contributed by atoms with Crippen LogP contribution in [-0.4, -0.2) is 11.0 Å². The highest BCUT2D eigenvalue weighted by Gasteiger charge is 2.21. The van der Waals surface area contributed by atoms with Gasteiger partial charge in [0.25, 0.3) is 5.69 Å². The number of hydrogen-bond donors (Lipinski definition) is 1. The number of aryl methyl sites for hydroxylation is 1. The van der Waals surface area contributed by atoms with E-state index in [0.29, 0.717) is 6.04 Å². The van der Waals surface area contributed by atoms with Crippen molar-refractivity contribution in [3.63, 3.8) is 0 Å². The number of nitro benzene ring substituents is 1. The molecule has 0 heterocycles. The fourth-order valence-corrected chi connectivity index (χ4v) is 3.15. The molecule has 0 aromatic heterocycles. The van der Waals surface area contributed by atoms with Crippen molar-refractivity contribution in [2.75, 3.05) is 5.32 Å². The van der Waals surface area contributed by atoms with Crippen molar-refractivity contribution in [2.45, 2.75) is 58.4 Å². The summed E-state index contributed by atoms with van der Waals surface area (Å²) in [6.07, 6.45) is 7.66. The maximum atomic E-state index is 10.7. The lowest BCUT2D eigenvalue weighted by Gasteiger charge is -2.30. The van der Waals surface area contributed by atoms with Gasteiger partial charge in [-0.15, -0.1) is 0 Å². The van der Waals surface area contributed by atoms with Crippen molar-refractivity contribution in [3.05, 3.63) is 33.9 Å². The number of benzene rings is 1. The second-order valence-corrected chi connectivity index (χ2v) is 5.91. The molecule has 0 aliphatic heterocycles. The minimum absolute atomic E-state index is 0.166. The summed E-state index contributed by atoms with van der Waals surface area (Å²) in [6, 6.07) is 5.58. The van der Waals surface area contributed by atoms with Crippen LogP contribution < -0.4 is 5.32 Å². The van der Waals surface area contributed by atoms with Gasteiger partial charge in [-0.25, -0.2) is 0 Å². The summed E-state index contributed by atoms with van der Waals surface area (Å²) in [7, 11) is 0. The predicted molar refractivity (Wildman–Crippen MR) is 82.1 cm³/mol. The number of rotatable bonds is 5. The van der Waals surface area contributed by atoms with E-state index >= 15 is 0 Å². The molecule has 1 aliphatic carbocycles. The summed E-state index contributed by atoms with van der Waals surface area (Å²) in [5, 5.41) is 14.3. The van der Waals surface area contributed by atoms with E-state index in [2.05, 4.69) is 12.2 Å². The molecule has 1 saturated carbocycles. The van der Waals surface area contributed by atoms with Crippen LogP contribution in [0.1, 0.15) is 51.0 Å². The highest BCUT2D eigenvalue weighted by Crippen LogP contribution is 2.30. The first kappa shape index (κ1) is 14.8. The van der Waals surface area contributed by atoms with Crippen LogP contribution >= 0.6 is 0 Å². The molecule has 4 heteroatoms. The topological polar surface area (TPSA) is 55.2 Å². The van der Waals surface area contributed by atoms with E-state index in [9.17, 15) is 10.1 Å². The van der Waals surface area contributed by atoms with E-state index in [-0.39, 0.29) is 10.6 Å². The molecule has 1 aromatic carbocycles. The van der Waals surface area contributed by atoms with Gasteiger partial charge in [-0.1, -0.05) is 19.8 Å². The zero-order valence-corrected chi connectivity index (χ0v) is 12.4. The van der Waals surface area contributed by atoms with Crippen LogP contribution in [0.2, 0.25) is 0 Å². The Kier molecular flexibility index (Phi) is 4.99. The quantitative estimate of drug-likeness (QED) is 0.628.